The zero-order valence-corrected chi connectivity index (χ0v) is 10.4. The van der Waals surface area contributed by atoms with Gasteiger partial charge in [0.25, 0.3) is 0 Å². The molecule has 1 aromatic rings. The summed E-state index contributed by atoms with van der Waals surface area (Å²) in [7, 11) is 0. The van der Waals surface area contributed by atoms with Crippen LogP contribution in [-0.2, 0) is 0 Å². The first-order chi connectivity index (χ1) is 8.04. The Bertz CT molecular complexity index is 401. The molecule has 2 rings (SSSR count). The molecule has 0 amide bonds. The Balaban J connectivity index is 2.05. The average molecular weight is 236 g/mol. The number of hydrogen-bond acceptors (Lipinski definition) is 5. The maximum Gasteiger partial charge on any atom is 0.135 e. The number of aliphatic hydroxyl groups excluding tert-OH is 1. The molecule has 0 radical (unpaired) electrons. The Morgan fingerprint density at radius 1 is 1.47 bits per heavy atom. The van der Waals surface area contributed by atoms with Crippen LogP contribution < -0.4 is 11.1 Å². The van der Waals surface area contributed by atoms with Crippen molar-refractivity contribution < 1.29 is 5.11 Å². The van der Waals surface area contributed by atoms with Gasteiger partial charge in [0.1, 0.15) is 17.5 Å². The van der Waals surface area contributed by atoms with Gasteiger partial charge in [0.15, 0.2) is 0 Å². The van der Waals surface area contributed by atoms with Gasteiger partial charge in [0, 0.05) is 23.9 Å². The van der Waals surface area contributed by atoms with Crippen molar-refractivity contribution in [1.29, 1.82) is 0 Å². The summed E-state index contributed by atoms with van der Waals surface area (Å²) in [6, 6.07) is 1.74. The van der Waals surface area contributed by atoms with Crippen molar-refractivity contribution in [2.24, 2.45) is 5.41 Å². The van der Waals surface area contributed by atoms with Crippen molar-refractivity contribution in [2.75, 3.05) is 24.2 Å². The summed E-state index contributed by atoms with van der Waals surface area (Å²) in [5.74, 6) is 2.24. The fourth-order valence-electron chi connectivity index (χ4n) is 1.68. The van der Waals surface area contributed by atoms with Gasteiger partial charge >= 0.3 is 0 Å². The van der Waals surface area contributed by atoms with E-state index in [-0.39, 0.29) is 17.9 Å². The normalized spacial score (nSPS) is 17.2. The quantitative estimate of drug-likeness (QED) is 0.719. The fraction of sp³-hybridized carbons (Fsp3) is 0.667. The molecule has 1 aliphatic rings. The summed E-state index contributed by atoms with van der Waals surface area (Å²) in [5.41, 5.74) is 5.81. The third-order valence-electron chi connectivity index (χ3n) is 3.22. The third kappa shape index (κ3) is 2.85. The molecule has 1 aliphatic carbocycles. The summed E-state index contributed by atoms with van der Waals surface area (Å²) in [6.45, 7) is 5.05. The highest BCUT2D eigenvalue weighted by Crippen LogP contribution is 2.44. The first kappa shape index (κ1) is 12.1. The molecular formula is C12H20N4O. The monoisotopic (exact) mass is 236 g/mol. The Morgan fingerprint density at radius 3 is 2.71 bits per heavy atom. The molecule has 0 unspecified atom stereocenters. The van der Waals surface area contributed by atoms with Crippen LogP contribution in [0.25, 0.3) is 0 Å². The second-order valence-electron chi connectivity index (χ2n) is 5.20. The zero-order chi connectivity index (χ0) is 12.5. The van der Waals surface area contributed by atoms with Gasteiger partial charge in [-0.3, -0.25) is 0 Å². The van der Waals surface area contributed by atoms with Crippen molar-refractivity contribution in [2.45, 2.75) is 32.6 Å². The number of nitrogens with one attached hydrogen (secondary N) is 1. The van der Waals surface area contributed by atoms with Gasteiger partial charge in [0.05, 0.1) is 6.61 Å². The average Bonchev–Trinajstić information content (AvgIpc) is 3.06. The lowest BCUT2D eigenvalue weighted by molar-refractivity contribution is 0.219. The van der Waals surface area contributed by atoms with E-state index < -0.39 is 0 Å². The molecule has 0 saturated heterocycles. The SMILES string of the molecule is CC(C)c1nc(N)cc(NCC2(CO)CC2)n1. The maximum absolute atomic E-state index is 9.23. The summed E-state index contributed by atoms with van der Waals surface area (Å²) >= 11 is 0. The minimum absolute atomic E-state index is 0.0672. The van der Waals surface area contributed by atoms with E-state index in [4.69, 9.17) is 5.73 Å². The Morgan fingerprint density at radius 2 is 2.18 bits per heavy atom. The van der Waals surface area contributed by atoms with Crippen molar-refractivity contribution in [3.8, 4) is 0 Å². The van der Waals surface area contributed by atoms with E-state index in [1.165, 1.54) is 0 Å². The second-order valence-corrected chi connectivity index (χ2v) is 5.20. The highest BCUT2D eigenvalue weighted by molar-refractivity contribution is 5.45. The second kappa shape index (κ2) is 4.49. The molecule has 0 bridgehead atoms. The van der Waals surface area contributed by atoms with Gasteiger partial charge in [-0.25, -0.2) is 9.97 Å². The highest BCUT2D eigenvalue weighted by Gasteiger charge is 2.41. The number of aromatic nitrogens is 2. The lowest BCUT2D eigenvalue weighted by Gasteiger charge is -2.14. The van der Waals surface area contributed by atoms with Crippen molar-refractivity contribution in [1.82, 2.24) is 9.97 Å². The van der Waals surface area contributed by atoms with Gasteiger partial charge < -0.3 is 16.2 Å². The molecule has 1 fully saturated rings. The first-order valence-electron chi connectivity index (χ1n) is 6.04. The molecule has 5 nitrogen and oxygen atoms in total. The number of nitrogen functional groups attached to an aromatic ring is 1. The van der Waals surface area contributed by atoms with Crippen LogP contribution >= 0.6 is 0 Å². The number of aliphatic hydroxyl groups is 1. The zero-order valence-electron chi connectivity index (χ0n) is 10.4. The largest absolute Gasteiger partial charge is 0.396 e. The first-order valence-corrected chi connectivity index (χ1v) is 6.04. The van der Waals surface area contributed by atoms with Crippen LogP contribution in [0.1, 0.15) is 38.4 Å². The van der Waals surface area contributed by atoms with Gasteiger partial charge in [-0.2, -0.15) is 0 Å². The number of anilines is 2. The van der Waals surface area contributed by atoms with E-state index in [1.54, 1.807) is 6.07 Å². The van der Waals surface area contributed by atoms with Crippen LogP contribution in [0.5, 0.6) is 0 Å². The highest BCUT2D eigenvalue weighted by atomic mass is 16.3. The van der Waals surface area contributed by atoms with Gasteiger partial charge in [-0.05, 0) is 12.8 Å². The molecule has 17 heavy (non-hydrogen) atoms. The lowest BCUT2D eigenvalue weighted by Crippen LogP contribution is -2.20. The summed E-state index contributed by atoms with van der Waals surface area (Å²) in [6.07, 6.45) is 2.15. The van der Waals surface area contributed by atoms with Crippen LogP contribution in [0, 0.1) is 5.41 Å². The molecular weight excluding hydrogens is 216 g/mol. The van der Waals surface area contributed by atoms with Crippen LogP contribution in [0.2, 0.25) is 0 Å². The lowest BCUT2D eigenvalue weighted by atomic mass is 10.1. The molecule has 1 heterocycles. The molecule has 5 heteroatoms. The number of hydrogen-bond donors (Lipinski definition) is 3. The van der Waals surface area contributed by atoms with Crippen LogP contribution in [0.4, 0.5) is 11.6 Å². The molecule has 1 saturated carbocycles. The molecule has 4 N–H and O–H groups in total. The molecule has 0 atom stereocenters. The van der Waals surface area contributed by atoms with Gasteiger partial charge in [-0.1, -0.05) is 13.8 Å². The molecule has 0 spiro atoms. The van der Waals surface area contributed by atoms with Crippen LogP contribution in [0.3, 0.4) is 0 Å². The van der Waals surface area contributed by atoms with E-state index in [9.17, 15) is 5.11 Å². The van der Waals surface area contributed by atoms with E-state index in [0.29, 0.717) is 5.82 Å². The smallest absolute Gasteiger partial charge is 0.135 e. The van der Waals surface area contributed by atoms with E-state index in [1.807, 2.05) is 13.8 Å². The summed E-state index contributed by atoms with van der Waals surface area (Å²) in [5, 5.41) is 12.5. The number of rotatable bonds is 5. The van der Waals surface area contributed by atoms with Gasteiger partial charge in [-0.15, -0.1) is 0 Å². The van der Waals surface area contributed by atoms with Gasteiger partial charge in [0.2, 0.25) is 0 Å². The van der Waals surface area contributed by atoms with Crippen LogP contribution in [-0.4, -0.2) is 28.2 Å². The molecule has 94 valence electrons. The predicted molar refractivity (Wildman–Crippen MR) is 67.8 cm³/mol. The third-order valence-corrected chi connectivity index (χ3v) is 3.22. The van der Waals surface area contributed by atoms with E-state index >= 15 is 0 Å². The topological polar surface area (TPSA) is 84.1 Å². The predicted octanol–water partition coefficient (Wildman–Crippen LogP) is 1.37. The Labute approximate surface area is 101 Å². The molecule has 0 aliphatic heterocycles. The number of nitrogens with two attached hydrogens (primary N) is 1. The standard InChI is InChI=1S/C12H20N4O/c1-8(2)11-15-9(13)5-10(16-11)14-6-12(7-17)3-4-12/h5,8,17H,3-4,6-7H2,1-2H3,(H3,13,14,15,16). The number of nitrogens with zero attached hydrogens (tertiary/aromatic N) is 2. The van der Waals surface area contributed by atoms with Crippen LogP contribution in [0.15, 0.2) is 6.07 Å². The van der Waals surface area contributed by atoms with Crippen molar-refractivity contribution >= 4 is 11.6 Å². The molecule has 0 aromatic carbocycles. The minimum atomic E-state index is 0.0672. The molecule has 1 aromatic heterocycles. The summed E-state index contributed by atoms with van der Waals surface area (Å²) in [4.78, 5) is 8.61. The fourth-order valence-corrected chi connectivity index (χ4v) is 1.68. The minimum Gasteiger partial charge on any atom is -0.396 e. The van der Waals surface area contributed by atoms with E-state index in [0.717, 1.165) is 31.0 Å². The Hall–Kier alpha value is -1.36. The maximum atomic E-state index is 9.23. The van der Waals surface area contributed by atoms with Crippen molar-refractivity contribution in [3.05, 3.63) is 11.9 Å². The van der Waals surface area contributed by atoms with E-state index in [2.05, 4.69) is 15.3 Å². The summed E-state index contributed by atoms with van der Waals surface area (Å²) < 4.78 is 0. The Kier molecular flexibility index (Phi) is 3.19. The van der Waals surface area contributed by atoms with Crippen molar-refractivity contribution in [3.63, 3.8) is 0 Å².